The summed E-state index contributed by atoms with van der Waals surface area (Å²) in [6, 6.07) is 8.29. The van der Waals surface area contributed by atoms with Gasteiger partial charge in [-0.15, -0.1) is 0 Å². The molecule has 0 fully saturated rings. The number of benzene rings is 1. The fraction of sp³-hybridized carbons (Fsp3) is 0.714. The van der Waals surface area contributed by atoms with Crippen molar-refractivity contribution in [2.45, 2.75) is 71.8 Å². The maximum absolute atomic E-state index is 9.38. The Balaban J connectivity index is 2.34. The van der Waals surface area contributed by atoms with Crippen LogP contribution in [0.3, 0.4) is 0 Å². The van der Waals surface area contributed by atoms with Crippen molar-refractivity contribution in [1.29, 1.82) is 0 Å². The number of aliphatic hydroxyl groups excluding tert-OH is 1. The van der Waals surface area contributed by atoms with E-state index in [1.54, 1.807) is 0 Å². The Morgan fingerprint density at radius 3 is 2.33 bits per heavy atom. The second-order valence-electron chi connectivity index (χ2n) is 7.76. The summed E-state index contributed by atoms with van der Waals surface area (Å²) >= 11 is 0. The van der Waals surface area contributed by atoms with Crippen LogP contribution in [-0.4, -0.2) is 23.9 Å². The lowest BCUT2D eigenvalue weighted by Crippen LogP contribution is -2.43. The van der Waals surface area contributed by atoms with E-state index in [0.717, 1.165) is 37.5 Å². The molecule has 0 saturated heterocycles. The molecular weight excluding hydrogens is 298 g/mol. The number of nitrogens with two attached hydrogens (primary N) is 1. The van der Waals surface area contributed by atoms with Gasteiger partial charge in [0.25, 0.3) is 0 Å². The molecule has 3 heteroatoms. The van der Waals surface area contributed by atoms with Crippen LogP contribution in [0.25, 0.3) is 0 Å². The Hall–Kier alpha value is -1.06. The first-order chi connectivity index (χ1) is 11.4. The Labute approximate surface area is 148 Å². The third-order valence-electron chi connectivity index (χ3n) is 4.87. The van der Waals surface area contributed by atoms with E-state index in [4.69, 9.17) is 10.5 Å². The summed E-state index contributed by atoms with van der Waals surface area (Å²) in [6.45, 7) is 9.66. The Morgan fingerprint density at radius 2 is 1.79 bits per heavy atom. The molecule has 0 spiro atoms. The van der Waals surface area contributed by atoms with Crippen molar-refractivity contribution in [1.82, 2.24) is 0 Å². The van der Waals surface area contributed by atoms with Gasteiger partial charge < -0.3 is 15.6 Å². The summed E-state index contributed by atoms with van der Waals surface area (Å²) in [6.07, 6.45) is 6.29. The van der Waals surface area contributed by atoms with Crippen LogP contribution < -0.4 is 10.5 Å². The van der Waals surface area contributed by atoms with Crippen molar-refractivity contribution in [3.63, 3.8) is 0 Å². The van der Waals surface area contributed by atoms with Crippen molar-refractivity contribution in [2.24, 2.45) is 17.6 Å². The van der Waals surface area contributed by atoms with E-state index in [2.05, 4.69) is 32.9 Å². The molecule has 0 heterocycles. The van der Waals surface area contributed by atoms with Crippen molar-refractivity contribution < 1.29 is 9.84 Å². The van der Waals surface area contributed by atoms with Gasteiger partial charge in [-0.3, -0.25) is 0 Å². The van der Waals surface area contributed by atoms with E-state index in [9.17, 15) is 5.11 Å². The topological polar surface area (TPSA) is 55.5 Å². The molecule has 0 bridgehead atoms. The molecule has 0 aromatic heterocycles. The average molecular weight is 336 g/mol. The summed E-state index contributed by atoms with van der Waals surface area (Å²) in [5, 5.41) is 9.38. The van der Waals surface area contributed by atoms with Crippen LogP contribution in [0.15, 0.2) is 24.3 Å². The first-order valence-corrected chi connectivity index (χ1v) is 9.50. The van der Waals surface area contributed by atoms with Crippen molar-refractivity contribution in [3.8, 4) is 5.75 Å². The predicted octanol–water partition coefficient (Wildman–Crippen LogP) is 4.56. The molecule has 24 heavy (non-hydrogen) atoms. The summed E-state index contributed by atoms with van der Waals surface area (Å²) in [5.41, 5.74) is 6.92. The molecule has 0 saturated carbocycles. The number of aliphatic hydroxyl groups is 1. The maximum Gasteiger partial charge on any atom is 0.119 e. The zero-order valence-corrected chi connectivity index (χ0v) is 16.1. The van der Waals surface area contributed by atoms with Gasteiger partial charge in [0.1, 0.15) is 5.75 Å². The molecule has 1 aromatic carbocycles. The predicted molar refractivity (Wildman–Crippen MR) is 102 cm³/mol. The van der Waals surface area contributed by atoms with E-state index in [0.29, 0.717) is 5.92 Å². The minimum absolute atomic E-state index is 0.0411. The molecule has 1 rings (SSSR count). The highest BCUT2D eigenvalue weighted by atomic mass is 16.5. The van der Waals surface area contributed by atoms with Crippen molar-refractivity contribution in [2.75, 3.05) is 13.2 Å². The highest BCUT2D eigenvalue weighted by Gasteiger charge is 2.20. The van der Waals surface area contributed by atoms with E-state index in [1.165, 1.54) is 24.8 Å². The zero-order chi connectivity index (χ0) is 18.0. The van der Waals surface area contributed by atoms with Crippen LogP contribution in [0.4, 0.5) is 0 Å². The number of ether oxygens (including phenoxy) is 1. The smallest absolute Gasteiger partial charge is 0.119 e. The quantitative estimate of drug-likeness (QED) is 0.589. The van der Waals surface area contributed by atoms with E-state index in [1.807, 2.05) is 19.1 Å². The Bertz CT molecular complexity index is 438. The highest BCUT2D eigenvalue weighted by Crippen LogP contribution is 2.19. The van der Waals surface area contributed by atoms with Gasteiger partial charge in [-0.2, -0.15) is 0 Å². The fourth-order valence-corrected chi connectivity index (χ4v) is 2.71. The van der Waals surface area contributed by atoms with Gasteiger partial charge in [-0.25, -0.2) is 0 Å². The molecule has 3 N–H and O–H groups in total. The van der Waals surface area contributed by atoms with Crippen LogP contribution in [-0.2, 0) is 6.42 Å². The Morgan fingerprint density at radius 1 is 1.12 bits per heavy atom. The molecule has 3 nitrogen and oxygen atoms in total. The number of aryl methyl sites for hydroxylation is 1. The van der Waals surface area contributed by atoms with Crippen LogP contribution in [0.2, 0.25) is 0 Å². The van der Waals surface area contributed by atoms with Crippen LogP contribution in [0.1, 0.15) is 65.4 Å². The maximum atomic E-state index is 9.38. The van der Waals surface area contributed by atoms with E-state index >= 15 is 0 Å². The first kappa shape index (κ1) is 21.0. The molecule has 0 amide bonds. The summed E-state index contributed by atoms with van der Waals surface area (Å²) in [5.74, 6) is 2.32. The molecule has 1 unspecified atom stereocenters. The van der Waals surface area contributed by atoms with Crippen LogP contribution in [0, 0.1) is 11.8 Å². The molecule has 0 aliphatic carbocycles. The van der Waals surface area contributed by atoms with Gasteiger partial charge in [-0.05, 0) is 55.2 Å². The lowest BCUT2D eigenvalue weighted by molar-refractivity contribution is 0.183. The monoisotopic (exact) mass is 335 g/mol. The Kier molecular flexibility index (Phi) is 9.38. The first-order valence-electron chi connectivity index (χ1n) is 9.50. The summed E-state index contributed by atoms with van der Waals surface area (Å²) in [7, 11) is 0. The minimum atomic E-state index is -0.458. The van der Waals surface area contributed by atoms with Gasteiger partial charge >= 0.3 is 0 Å². The van der Waals surface area contributed by atoms with Gasteiger partial charge in [0.15, 0.2) is 0 Å². The third kappa shape index (κ3) is 8.16. The molecule has 2 atom stereocenters. The molecule has 1 aromatic rings. The van der Waals surface area contributed by atoms with Gasteiger partial charge in [0, 0.05) is 5.54 Å². The molecule has 0 aliphatic heterocycles. The second kappa shape index (κ2) is 10.7. The van der Waals surface area contributed by atoms with Crippen molar-refractivity contribution >= 4 is 0 Å². The molecule has 0 radical (unpaired) electrons. The number of hydrogen-bond acceptors (Lipinski definition) is 3. The normalized spacial score (nSPS) is 15.3. The largest absolute Gasteiger partial charge is 0.493 e. The van der Waals surface area contributed by atoms with Crippen LogP contribution in [0.5, 0.6) is 5.75 Å². The van der Waals surface area contributed by atoms with E-state index in [-0.39, 0.29) is 6.61 Å². The molecule has 138 valence electrons. The van der Waals surface area contributed by atoms with Crippen LogP contribution >= 0.6 is 0 Å². The minimum Gasteiger partial charge on any atom is -0.493 e. The third-order valence-corrected chi connectivity index (χ3v) is 4.87. The summed E-state index contributed by atoms with van der Waals surface area (Å²) in [4.78, 5) is 0. The molecule has 0 aliphatic rings. The lowest BCUT2D eigenvalue weighted by atomic mass is 9.90. The van der Waals surface area contributed by atoms with Gasteiger partial charge in [0.05, 0.1) is 13.2 Å². The summed E-state index contributed by atoms with van der Waals surface area (Å²) < 4.78 is 5.90. The van der Waals surface area contributed by atoms with Gasteiger partial charge in [0.2, 0.25) is 0 Å². The fourth-order valence-electron chi connectivity index (χ4n) is 2.71. The average Bonchev–Trinajstić information content (AvgIpc) is 2.58. The lowest BCUT2D eigenvalue weighted by Gasteiger charge is -2.25. The number of hydrogen-bond donors (Lipinski definition) is 2. The highest BCUT2D eigenvalue weighted by molar-refractivity contribution is 5.27. The van der Waals surface area contributed by atoms with Crippen molar-refractivity contribution in [3.05, 3.63) is 29.8 Å². The number of rotatable bonds is 12. The SMILES string of the molecule is CC[C@@](N)(CO)CCc1ccc(OCC(C)CCCC(C)C)cc1. The molecular formula is C21H37NO2. The van der Waals surface area contributed by atoms with Gasteiger partial charge in [-0.1, -0.05) is 52.7 Å². The zero-order valence-electron chi connectivity index (χ0n) is 16.1. The second-order valence-corrected chi connectivity index (χ2v) is 7.76. The van der Waals surface area contributed by atoms with E-state index < -0.39 is 5.54 Å². The standard InChI is InChI=1S/C21H37NO2/c1-5-21(22,16-23)14-13-19-9-11-20(12-10-19)24-15-18(4)8-6-7-17(2)3/h9-12,17-18,23H,5-8,13-16,22H2,1-4H3/t18?,21-/m0/s1.